The summed E-state index contributed by atoms with van der Waals surface area (Å²) in [6.07, 6.45) is 4.20. The molecule has 2 rings (SSSR count). The highest BCUT2D eigenvalue weighted by Crippen LogP contribution is 2.01. The Bertz CT molecular complexity index is 573. The predicted octanol–water partition coefficient (Wildman–Crippen LogP) is 0.413. The van der Waals surface area contributed by atoms with E-state index in [0.29, 0.717) is 6.54 Å². The van der Waals surface area contributed by atoms with E-state index in [9.17, 15) is 9.59 Å². The highest BCUT2D eigenvalue weighted by molar-refractivity contribution is 5.91. The quantitative estimate of drug-likeness (QED) is 0.820. The van der Waals surface area contributed by atoms with Gasteiger partial charge >= 0.3 is 0 Å². The number of nitrogens with zero attached hydrogens (tertiary/aromatic N) is 2. The molecule has 1 amide bonds. The van der Waals surface area contributed by atoms with Crippen molar-refractivity contribution in [2.24, 2.45) is 0 Å². The molecule has 0 radical (unpaired) electrons. The van der Waals surface area contributed by atoms with Gasteiger partial charge < -0.3 is 4.90 Å². The Morgan fingerprint density at radius 2 is 2.06 bits per heavy atom. The minimum Gasteiger partial charge on any atom is -0.340 e. The Kier molecular flexibility index (Phi) is 3.57. The first kappa shape index (κ1) is 12.1. The van der Waals surface area contributed by atoms with E-state index in [-0.39, 0.29) is 17.2 Å². The van der Waals surface area contributed by atoms with Crippen molar-refractivity contribution in [1.82, 2.24) is 20.1 Å². The average Bonchev–Trinajstić information content (AvgIpc) is 2.83. The van der Waals surface area contributed by atoms with Gasteiger partial charge in [-0.05, 0) is 24.1 Å². The van der Waals surface area contributed by atoms with E-state index in [1.54, 1.807) is 24.3 Å². The van der Waals surface area contributed by atoms with Gasteiger partial charge in [0, 0.05) is 32.1 Å². The van der Waals surface area contributed by atoms with Crippen LogP contribution in [-0.2, 0) is 6.42 Å². The summed E-state index contributed by atoms with van der Waals surface area (Å²) in [6, 6.07) is 5.08. The fourth-order valence-corrected chi connectivity index (χ4v) is 1.60. The zero-order valence-corrected chi connectivity index (χ0v) is 10.0. The zero-order valence-electron chi connectivity index (χ0n) is 10.0. The van der Waals surface area contributed by atoms with Gasteiger partial charge in [-0.15, -0.1) is 0 Å². The van der Waals surface area contributed by atoms with E-state index >= 15 is 0 Å². The van der Waals surface area contributed by atoms with E-state index < -0.39 is 0 Å². The molecule has 0 saturated heterocycles. The normalized spacial score (nSPS) is 10.3. The van der Waals surface area contributed by atoms with Crippen molar-refractivity contribution in [2.45, 2.75) is 6.42 Å². The van der Waals surface area contributed by atoms with Crippen LogP contribution in [0.5, 0.6) is 0 Å². The smallest absolute Gasteiger partial charge is 0.271 e. The fourth-order valence-electron chi connectivity index (χ4n) is 1.60. The first-order chi connectivity index (χ1) is 8.66. The monoisotopic (exact) mass is 246 g/mol. The third-order valence-corrected chi connectivity index (χ3v) is 2.66. The van der Waals surface area contributed by atoms with Crippen LogP contribution in [0.15, 0.2) is 35.4 Å². The Labute approximate surface area is 104 Å². The van der Waals surface area contributed by atoms with Crippen LogP contribution < -0.4 is 5.56 Å². The minimum absolute atomic E-state index is 0.206. The SMILES string of the molecule is CN(CCc1ccncc1)C(=O)c1cc(=O)[nH][nH]1. The molecule has 0 aliphatic heterocycles. The van der Waals surface area contributed by atoms with E-state index in [0.717, 1.165) is 12.0 Å². The topological polar surface area (TPSA) is 81.8 Å². The van der Waals surface area contributed by atoms with E-state index in [1.807, 2.05) is 12.1 Å². The lowest BCUT2D eigenvalue weighted by atomic mass is 10.2. The van der Waals surface area contributed by atoms with Gasteiger partial charge in [-0.2, -0.15) is 0 Å². The summed E-state index contributed by atoms with van der Waals surface area (Å²) in [5, 5.41) is 4.89. The molecule has 0 unspecified atom stereocenters. The summed E-state index contributed by atoms with van der Waals surface area (Å²) in [5.41, 5.74) is 1.09. The number of aromatic amines is 2. The Morgan fingerprint density at radius 1 is 1.33 bits per heavy atom. The minimum atomic E-state index is -0.305. The van der Waals surface area contributed by atoms with Crippen molar-refractivity contribution in [3.05, 3.63) is 52.2 Å². The number of carbonyl (C=O) groups excluding carboxylic acids is 1. The molecule has 0 saturated carbocycles. The summed E-state index contributed by atoms with van der Waals surface area (Å²) in [6.45, 7) is 0.579. The van der Waals surface area contributed by atoms with Crippen LogP contribution in [0.2, 0.25) is 0 Å². The van der Waals surface area contributed by atoms with E-state index in [2.05, 4.69) is 15.2 Å². The van der Waals surface area contributed by atoms with Gasteiger partial charge in [-0.1, -0.05) is 0 Å². The van der Waals surface area contributed by atoms with Crippen LogP contribution in [0.3, 0.4) is 0 Å². The molecule has 0 bridgehead atoms. The van der Waals surface area contributed by atoms with Crippen molar-refractivity contribution in [2.75, 3.05) is 13.6 Å². The molecular weight excluding hydrogens is 232 g/mol. The summed E-state index contributed by atoms with van der Waals surface area (Å²) in [7, 11) is 1.70. The van der Waals surface area contributed by atoms with Gasteiger partial charge in [-0.3, -0.25) is 24.8 Å². The maximum Gasteiger partial charge on any atom is 0.271 e. The predicted molar refractivity (Wildman–Crippen MR) is 66.3 cm³/mol. The number of hydrogen-bond acceptors (Lipinski definition) is 3. The van der Waals surface area contributed by atoms with Crippen LogP contribution in [-0.4, -0.2) is 39.6 Å². The largest absolute Gasteiger partial charge is 0.340 e. The van der Waals surface area contributed by atoms with Gasteiger partial charge in [0.05, 0.1) is 0 Å². The first-order valence-corrected chi connectivity index (χ1v) is 5.59. The number of aromatic nitrogens is 3. The Morgan fingerprint density at radius 3 is 2.67 bits per heavy atom. The van der Waals surface area contributed by atoms with Gasteiger partial charge in [0.1, 0.15) is 5.69 Å². The van der Waals surface area contributed by atoms with Crippen molar-refractivity contribution >= 4 is 5.91 Å². The second-order valence-electron chi connectivity index (χ2n) is 4.00. The molecule has 2 N–H and O–H groups in total. The molecule has 2 aromatic rings. The number of pyridine rings is 1. The van der Waals surface area contributed by atoms with Gasteiger partial charge in [0.2, 0.25) is 0 Å². The van der Waals surface area contributed by atoms with Crippen LogP contribution in [0.1, 0.15) is 16.1 Å². The molecule has 2 heterocycles. The molecule has 18 heavy (non-hydrogen) atoms. The number of carbonyl (C=O) groups is 1. The molecule has 6 heteroatoms. The number of likely N-dealkylation sites (N-methyl/N-ethyl adjacent to an activating group) is 1. The first-order valence-electron chi connectivity index (χ1n) is 5.59. The van der Waals surface area contributed by atoms with Gasteiger partial charge in [0.25, 0.3) is 11.5 Å². The second kappa shape index (κ2) is 5.31. The molecule has 0 aromatic carbocycles. The highest BCUT2D eigenvalue weighted by atomic mass is 16.2. The third kappa shape index (κ3) is 2.85. The molecule has 0 aliphatic carbocycles. The zero-order chi connectivity index (χ0) is 13.0. The lowest BCUT2D eigenvalue weighted by Gasteiger charge is -2.15. The molecule has 0 spiro atoms. The second-order valence-corrected chi connectivity index (χ2v) is 4.00. The van der Waals surface area contributed by atoms with Crippen LogP contribution in [0.25, 0.3) is 0 Å². The number of nitrogens with one attached hydrogen (secondary N) is 2. The number of hydrogen-bond donors (Lipinski definition) is 2. The summed E-state index contributed by atoms with van der Waals surface area (Å²) < 4.78 is 0. The van der Waals surface area contributed by atoms with Crippen LogP contribution in [0.4, 0.5) is 0 Å². The molecule has 6 nitrogen and oxygen atoms in total. The summed E-state index contributed by atoms with van der Waals surface area (Å²) in [4.78, 5) is 28.3. The standard InChI is InChI=1S/C12H14N4O2/c1-16(7-4-9-2-5-13-6-3-9)12(18)10-8-11(17)15-14-10/h2-3,5-6,8H,4,7H2,1H3,(H2,14,15,17). The molecule has 0 atom stereocenters. The third-order valence-electron chi connectivity index (χ3n) is 2.66. The fraction of sp³-hybridized carbons (Fsp3) is 0.250. The van der Waals surface area contributed by atoms with E-state index in [4.69, 9.17) is 0 Å². The maximum atomic E-state index is 11.9. The summed E-state index contributed by atoms with van der Waals surface area (Å²) >= 11 is 0. The average molecular weight is 246 g/mol. The van der Waals surface area contributed by atoms with Crippen molar-refractivity contribution in [3.63, 3.8) is 0 Å². The lowest BCUT2D eigenvalue weighted by Crippen LogP contribution is -2.29. The molecule has 0 fully saturated rings. The van der Waals surface area contributed by atoms with Crippen molar-refractivity contribution in [1.29, 1.82) is 0 Å². The molecular formula is C12H14N4O2. The summed E-state index contributed by atoms with van der Waals surface area (Å²) in [5.74, 6) is -0.206. The highest BCUT2D eigenvalue weighted by Gasteiger charge is 2.13. The maximum absolute atomic E-state index is 11.9. The number of amides is 1. The van der Waals surface area contributed by atoms with Gasteiger partial charge in [0.15, 0.2) is 0 Å². The Balaban J connectivity index is 1.94. The van der Waals surface area contributed by atoms with Crippen molar-refractivity contribution in [3.8, 4) is 0 Å². The molecule has 2 aromatic heterocycles. The number of H-pyrrole nitrogens is 2. The Hall–Kier alpha value is -2.37. The van der Waals surface area contributed by atoms with Crippen LogP contribution in [0, 0.1) is 0 Å². The number of rotatable bonds is 4. The lowest BCUT2D eigenvalue weighted by molar-refractivity contribution is 0.0791. The van der Waals surface area contributed by atoms with E-state index in [1.165, 1.54) is 6.07 Å². The van der Waals surface area contributed by atoms with Crippen molar-refractivity contribution < 1.29 is 4.79 Å². The van der Waals surface area contributed by atoms with Crippen LogP contribution >= 0.6 is 0 Å². The molecule has 94 valence electrons. The van der Waals surface area contributed by atoms with Gasteiger partial charge in [-0.25, -0.2) is 0 Å². The molecule has 0 aliphatic rings.